The van der Waals surface area contributed by atoms with Gasteiger partial charge in [-0.2, -0.15) is 0 Å². The van der Waals surface area contributed by atoms with Gasteiger partial charge in [0, 0.05) is 32.5 Å². The highest BCUT2D eigenvalue weighted by molar-refractivity contribution is 5.97. The molecule has 2 aliphatic heterocycles. The van der Waals surface area contributed by atoms with Crippen LogP contribution >= 0.6 is 0 Å². The summed E-state index contributed by atoms with van der Waals surface area (Å²) in [4.78, 5) is 19.1. The molecular formula is C26H30N4O2. The van der Waals surface area contributed by atoms with Gasteiger partial charge in [0.1, 0.15) is 24.7 Å². The average molecular weight is 431 g/mol. The fraction of sp³-hybridized carbons (Fsp3) is 0.269. The van der Waals surface area contributed by atoms with Crippen molar-refractivity contribution in [2.75, 3.05) is 32.7 Å². The summed E-state index contributed by atoms with van der Waals surface area (Å²) in [6, 6.07) is 18.9. The highest BCUT2D eigenvalue weighted by atomic mass is 17.2. The van der Waals surface area contributed by atoms with Crippen molar-refractivity contribution in [3.05, 3.63) is 95.7 Å². The molecule has 166 valence electrons. The van der Waals surface area contributed by atoms with Gasteiger partial charge in [-0.25, -0.2) is 9.78 Å². The lowest BCUT2D eigenvalue weighted by Gasteiger charge is -2.29. The summed E-state index contributed by atoms with van der Waals surface area (Å²) < 4.78 is 0. The third kappa shape index (κ3) is 5.34. The Morgan fingerprint density at radius 1 is 1.09 bits per heavy atom. The first-order chi connectivity index (χ1) is 15.6. The second-order valence-electron chi connectivity index (χ2n) is 8.01. The van der Waals surface area contributed by atoms with E-state index in [9.17, 15) is 0 Å². The molecule has 2 heterocycles. The van der Waals surface area contributed by atoms with Crippen LogP contribution in [0, 0.1) is 0 Å². The minimum atomic E-state index is -0.0224. The second-order valence-corrected chi connectivity index (χ2v) is 8.01. The van der Waals surface area contributed by atoms with Crippen molar-refractivity contribution in [1.29, 1.82) is 0 Å². The van der Waals surface area contributed by atoms with Crippen LogP contribution in [-0.4, -0.2) is 50.8 Å². The summed E-state index contributed by atoms with van der Waals surface area (Å²) in [7, 11) is 5.61. The lowest BCUT2D eigenvalue weighted by atomic mass is 10.1. The van der Waals surface area contributed by atoms with Crippen molar-refractivity contribution in [1.82, 2.24) is 10.2 Å². The minimum absolute atomic E-state index is 0.0224. The molecule has 0 spiro atoms. The van der Waals surface area contributed by atoms with Gasteiger partial charge in [0.2, 0.25) is 0 Å². The maximum Gasteiger partial charge on any atom is 0.129 e. The Morgan fingerprint density at radius 3 is 2.59 bits per heavy atom. The van der Waals surface area contributed by atoms with Crippen molar-refractivity contribution in [2.45, 2.75) is 18.8 Å². The Kier molecular flexibility index (Phi) is 7.17. The summed E-state index contributed by atoms with van der Waals surface area (Å²) in [5.41, 5.74) is 4.60. The standard InChI is InChI=1S/C26H30N4O2/c1-29(2)23-12-9-20(10-13-23)11-14-24-26(27-18-21-7-5-4-6-8-21)30-16-15-22(19-32-31-3)17-25(30)28-24/h4-17,24,26-27H,18-19H2,1-3H3/b14-11+. The van der Waals surface area contributed by atoms with Gasteiger partial charge in [-0.05, 0) is 41.0 Å². The van der Waals surface area contributed by atoms with E-state index < -0.39 is 0 Å². The van der Waals surface area contributed by atoms with E-state index in [2.05, 4.69) is 88.1 Å². The Morgan fingerprint density at radius 2 is 1.88 bits per heavy atom. The molecule has 2 aromatic rings. The Labute approximate surface area is 190 Å². The van der Waals surface area contributed by atoms with E-state index in [0.717, 1.165) is 23.5 Å². The van der Waals surface area contributed by atoms with Gasteiger partial charge in [0.05, 0.1) is 7.11 Å². The summed E-state index contributed by atoms with van der Waals surface area (Å²) in [5, 5.41) is 3.68. The van der Waals surface area contributed by atoms with Gasteiger partial charge >= 0.3 is 0 Å². The van der Waals surface area contributed by atoms with Gasteiger partial charge < -0.3 is 9.80 Å². The normalized spacial score (nSPS) is 19.8. The topological polar surface area (TPSA) is 49.3 Å². The van der Waals surface area contributed by atoms with Crippen molar-refractivity contribution in [2.24, 2.45) is 4.99 Å². The van der Waals surface area contributed by atoms with Crippen molar-refractivity contribution < 1.29 is 9.78 Å². The number of fused-ring (bicyclic) bond motifs is 1. The molecule has 2 unspecified atom stereocenters. The lowest BCUT2D eigenvalue weighted by Crippen LogP contribution is -2.46. The zero-order valence-electron chi connectivity index (χ0n) is 18.8. The molecule has 0 aliphatic carbocycles. The number of hydrogen-bond acceptors (Lipinski definition) is 6. The lowest BCUT2D eigenvalue weighted by molar-refractivity contribution is -0.264. The van der Waals surface area contributed by atoms with Crippen LogP contribution in [0.1, 0.15) is 11.1 Å². The predicted molar refractivity (Wildman–Crippen MR) is 130 cm³/mol. The largest absolute Gasteiger partial charge is 0.378 e. The van der Waals surface area contributed by atoms with E-state index in [4.69, 9.17) is 14.8 Å². The Hall–Kier alpha value is -3.19. The summed E-state index contributed by atoms with van der Waals surface area (Å²) in [5.74, 6) is 0.922. The molecule has 2 atom stereocenters. The smallest absolute Gasteiger partial charge is 0.129 e. The minimum Gasteiger partial charge on any atom is -0.378 e. The maximum atomic E-state index is 5.09. The number of nitrogens with one attached hydrogen (secondary N) is 1. The van der Waals surface area contributed by atoms with Gasteiger partial charge in [-0.1, -0.05) is 54.6 Å². The molecule has 1 N–H and O–H groups in total. The van der Waals surface area contributed by atoms with Crippen LogP contribution in [0.4, 0.5) is 5.69 Å². The zero-order chi connectivity index (χ0) is 22.3. The summed E-state index contributed by atoms with van der Waals surface area (Å²) in [6.07, 6.45) is 10.5. The number of aliphatic imine (C=N–C) groups is 1. The monoisotopic (exact) mass is 430 g/mol. The molecule has 0 fully saturated rings. The van der Waals surface area contributed by atoms with E-state index in [0.29, 0.717) is 6.61 Å². The third-order valence-corrected chi connectivity index (χ3v) is 5.53. The summed E-state index contributed by atoms with van der Waals surface area (Å²) >= 11 is 0. The van der Waals surface area contributed by atoms with Gasteiger partial charge in [0.15, 0.2) is 0 Å². The first kappa shape index (κ1) is 22.0. The molecule has 6 nitrogen and oxygen atoms in total. The Balaban J connectivity index is 1.52. The molecule has 0 saturated heterocycles. The van der Waals surface area contributed by atoms with Crippen LogP contribution in [0.25, 0.3) is 6.08 Å². The van der Waals surface area contributed by atoms with E-state index in [1.807, 2.05) is 26.2 Å². The first-order valence-corrected chi connectivity index (χ1v) is 10.8. The number of nitrogens with zero attached hydrogens (tertiary/aromatic N) is 3. The number of benzene rings is 2. The highest BCUT2D eigenvalue weighted by Crippen LogP contribution is 2.24. The fourth-order valence-corrected chi connectivity index (χ4v) is 3.76. The number of amidine groups is 1. The molecule has 0 saturated carbocycles. The molecule has 4 rings (SSSR count). The van der Waals surface area contributed by atoms with Gasteiger partial charge in [-0.15, -0.1) is 0 Å². The fourth-order valence-electron chi connectivity index (χ4n) is 3.76. The van der Waals surface area contributed by atoms with Crippen LogP contribution in [0.2, 0.25) is 0 Å². The molecule has 0 bridgehead atoms. The van der Waals surface area contributed by atoms with E-state index in [1.54, 1.807) is 0 Å². The van der Waals surface area contributed by atoms with Crippen LogP contribution in [0.15, 0.2) is 89.6 Å². The van der Waals surface area contributed by atoms with Crippen molar-refractivity contribution in [3.63, 3.8) is 0 Å². The first-order valence-electron chi connectivity index (χ1n) is 10.8. The average Bonchev–Trinajstić information content (AvgIpc) is 3.17. The second kappa shape index (κ2) is 10.4. The summed E-state index contributed by atoms with van der Waals surface area (Å²) in [6.45, 7) is 1.16. The SMILES string of the molecule is COOCC1=CC2=NC(/C=C/c3ccc(N(C)C)cc3)C(NCc3ccccc3)N2C=C1. The molecule has 0 aromatic heterocycles. The Bertz CT molecular complexity index is 1010. The van der Waals surface area contributed by atoms with Gasteiger partial charge in [-0.3, -0.25) is 10.3 Å². The third-order valence-electron chi connectivity index (χ3n) is 5.53. The number of hydrogen-bond donors (Lipinski definition) is 1. The van der Waals surface area contributed by atoms with Crippen LogP contribution in [-0.2, 0) is 16.3 Å². The quantitative estimate of drug-likeness (QED) is 0.481. The van der Waals surface area contributed by atoms with Gasteiger partial charge in [0.25, 0.3) is 0 Å². The van der Waals surface area contributed by atoms with E-state index >= 15 is 0 Å². The molecule has 6 heteroatoms. The van der Waals surface area contributed by atoms with Crippen LogP contribution in [0.3, 0.4) is 0 Å². The molecule has 2 aliphatic rings. The molecular weight excluding hydrogens is 400 g/mol. The number of anilines is 1. The number of rotatable bonds is 9. The van der Waals surface area contributed by atoms with E-state index in [-0.39, 0.29) is 12.2 Å². The molecule has 32 heavy (non-hydrogen) atoms. The van der Waals surface area contributed by atoms with Crippen LogP contribution < -0.4 is 10.2 Å². The molecule has 0 amide bonds. The molecule has 2 aromatic carbocycles. The zero-order valence-corrected chi connectivity index (χ0v) is 18.8. The predicted octanol–water partition coefficient (Wildman–Crippen LogP) is 4.00. The maximum absolute atomic E-state index is 5.09. The van der Waals surface area contributed by atoms with Crippen molar-refractivity contribution in [3.8, 4) is 0 Å². The van der Waals surface area contributed by atoms with Crippen LogP contribution in [0.5, 0.6) is 0 Å². The van der Waals surface area contributed by atoms with Crippen molar-refractivity contribution >= 4 is 17.6 Å². The molecule has 0 radical (unpaired) electrons. The highest BCUT2D eigenvalue weighted by Gasteiger charge is 2.33. The van der Waals surface area contributed by atoms with E-state index in [1.165, 1.54) is 18.4 Å².